The average Bonchev–Trinajstić information content (AvgIpc) is 2.75. The maximum Gasteiger partial charge on any atom is 0.269 e. The molecule has 0 radical (unpaired) electrons. The van der Waals surface area contributed by atoms with E-state index in [0.717, 1.165) is 5.56 Å². The summed E-state index contributed by atoms with van der Waals surface area (Å²) in [6.45, 7) is 4.01. The van der Waals surface area contributed by atoms with Crippen LogP contribution in [-0.2, 0) is 9.84 Å². The molecule has 3 aromatic rings. The normalized spacial score (nSPS) is 12.5. The maximum absolute atomic E-state index is 13.4. The molecule has 0 spiro atoms. The monoisotopic (exact) mass is 409 g/mol. The van der Waals surface area contributed by atoms with E-state index in [-0.39, 0.29) is 17.1 Å². The first-order valence-corrected chi connectivity index (χ1v) is 10.9. The van der Waals surface area contributed by atoms with Gasteiger partial charge >= 0.3 is 0 Å². The lowest BCUT2D eigenvalue weighted by atomic mass is 10.0. The van der Waals surface area contributed by atoms with Crippen molar-refractivity contribution in [2.75, 3.05) is 6.54 Å². The van der Waals surface area contributed by atoms with Gasteiger partial charge in [-0.15, -0.1) is 0 Å². The molecule has 1 aromatic carbocycles. The van der Waals surface area contributed by atoms with Crippen LogP contribution in [0, 0.1) is 0 Å². The van der Waals surface area contributed by atoms with Crippen LogP contribution in [0.4, 0.5) is 0 Å². The Kier molecular flexibility index (Phi) is 6.39. The Labute approximate surface area is 171 Å². The summed E-state index contributed by atoms with van der Waals surface area (Å²) >= 11 is 0. The molecule has 6 nitrogen and oxygen atoms in total. The van der Waals surface area contributed by atoms with E-state index in [1.807, 2.05) is 12.1 Å². The maximum atomic E-state index is 13.4. The molecule has 3 rings (SSSR count). The third-order valence-electron chi connectivity index (χ3n) is 4.65. The van der Waals surface area contributed by atoms with Gasteiger partial charge in [0.1, 0.15) is 10.9 Å². The number of amides is 1. The fourth-order valence-corrected chi connectivity index (χ4v) is 4.60. The van der Waals surface area contributed by atoms with Gasteiger partial charge in [0, 0.05) is 25.1 Å². The number of sulfone groups is 1. The second-order valence-corrected chi connectivity index (χ2v) is 9.10. The van der Waals surface area contributed by atoms with E-state index in [1.54, 1.807) is 48.7 Å². The summed E-state index contributed by atoms with van der Waals surface area (Å²) in [5, 5.41) is 1.73. The summed E-state index contributed by atoms with van der Waals surface area (Å²) in [4.78, 5) is 20.6. The van der Waals surface area contributed by atoms with Gasteiger partial charge in [0.15, 0.2) is 9.84 Å². The summed E-state index contributed by atoms with van der Waals surface area (Å²) in [7, 11) is -3.75. The lowest BCUT2D eigenvalue weighted by Crippen LogP contribution is -2.32. The molecule has 0 aliphatic rings. The van der Waals surface area contributed by atoms with Crippen molar-refractivity contribution in [3.05, 3.63) is 90.0 Å². The third kappa shape index (κ3) is 4.86. The number of hydrogen-bond donors (Lipinski definition) is 1. The highest BCUT2D eigenvalue weighted by atomic mass is 32.2. The Balaban J connectivity index is 1.90. The average molecular weight is 410 g/mol. The summed E-state index contributed by atoms with van der Waals surface area (Å²) < 4.78 is 26.7. The molecular weight excluding hydrogens is 386 g/mol. The predicted octanol–water partition coefficient (Wildman–Crippen LogP) is 3.55. The molecule has 0 bridgehead atoms. The Morgan fingerprint density at radius 2 is 1.72 bits per heavy atom. The summed E-state index contributed by atoms with van der Waals surface area (Å²) in [5.41, 5.74) is 1.81. The second-order valence-electron chi connectivity index (χ2n) is 6.97. The zero-order valence-electron chi connectivity index (χ0n) is 16.3. The molecular formula is C22H23N3O3S. The van der Waals surface area contributed by atoms with Crippen molar-refractivity contribution < 1.29 is 13.2 Å². The van der Waals surface area contributed by atoms with E-state index in [1.165, 1.54) is 12.4 Å². The molecule has 0 fully saturated rings. The van der Waals surface area contributed by atoms with Gasteiger partial charge in [-0.05, 0) is 47.4 Å². The van der Waals surface area contributed by atoms with Gasteiger partial charge in [0.25, 0.3) is 5.91 Å². The van der Waals surface area contributed by atoms with E-state index in [2.05, 4.69) is 29.1 Å². The van der Waals surface area contributed by atoms with Crippen molar-refractivity contribution in [1.82, 2.24) is 15.3 Å². The van der Waals surface area contributed by atoms with Crippen molar-refractivity contribution in [2.45, 2.75) is 29.9 Å². The Hall–Kier alpha value is -3.06. The van der Waals surface area contributed by atoms with Crippen LogP contribution in [-0.4, -0.2) is 30.8 Å². The minimum absolute atomic E-state index is 0.0879. The zero-order chi connectivity index (χ0) is 20.9. The fourth-order valence-electron chi connectivity index (χ4n) is 2.95. The number of nitrogens with one attached hydrogen (secondary N) is 1. The van der Waals surface area contributed by atoms with E-state index in [0.29, 0.717) is 11.5 Å². The quantitative estimate of drug-likeness (QED) is 0.645. The first-order chi connectivity index (χ1) is 13.9. The summed E-state index contributed by atoms with van der Waals surface area (Å²) in [5.74, 6) is -0.122. The van der Waals surface area contributed by atoms with Gasteiger partial charge in [0.05, 0.1) is 4.90 Å². The first kappa shape index (κ1) is 20.7. The highest BCUT2D eigenvalue weighted by Crippen LogP contribution is 2.29. The fraction of sp³-hybridized carbons (Fsp3) is 0.227. The molecule has 7 heteroatoms. The Morgan fingerprint density at radius 3 is 2.31 bits per heavy atom. The standard InChI is InChI=1S/C22H23N3O3S/c1-16(2)17-8-10-19(11-9-17)29(27,28)21(18-6-5-12-23-14-18)15-25-22(26)20-7-3-4-13-24-20/h3-14,16,21H,15H2,1-2H3,(H,25,26)/t21-/m1/s1. The number of pyridine rings is 2. The lowest BCUT2D eigenvalue weighted by molar-refractivity contribution is 0.0948. The summed E-state index contributed by atoms with van der Waals surface area (Å²) in [6, 6.07) is 15.3. The smallest absolute Gasteiger partial charge is 0.269 e. The zero-order valence-corrected chi connectivity index (χ0v) is 17.1. The van der Waals surface area contributed by atoms with Gasteiger partial charge in [-0.3, -0.25) is 14.8 Å². The highest BCUT2D eigenvalue weighted by Gasteiger charge is 2.30. The van der Waals surface area contributed by atoms with Crippen LogP contribution in [0.3, 0.4) is 0 Å². The first-order valence-electron chi connectivity index (χ1n) is 9.32. The molecule has 0 saturated heterocycles. The molecule has 150 valence electrons. The molecule has 29 heavy (non-hydrogen) atoms. The van der Waals surface area contributed by atoms with E-state index < -0.39 is 21.0 Å². The number of nitrogens with zero attached hydrogens (tertiary/aromatic N) is 2. The van der Waals surface area contributed by atoms with Crippen LogP contribution in [0.1, 0.15) is 46.6 Å². The SMILES string of the molecule is CC(C)c1ccc(S(=O)(=O)[C@H](CNC(=O)c2ccccn2)c2cccnc2)cc1. The molecule has 1 N–H and O–H groups in total. The molecule has 2 heterocycles. The summed E-state index contributed by atoms with van der Waals surface area (Å²) in [6.07, 6.45) is 4.61. The van der Waals surface area contributed by atoms with Gasteiger partial charge in [-0.1, -0.05) is 38.1 Å². The second kappa shape index (κ2) is 8.96. The molecule has 2 aromatic heterocycles. The predicted molar refractivity (Wildman–Crippen MR) is 111 cm³/mol. The Morgan fingerprint density at radius 1 is 0.966 bits per heavy atom. The molecule has 0 aliphatic carbocycles. The number of aromatic nitrogens is 2. The van der Waals surface area contributed by atoms with E-state index in [9.17, 15) is 13.2 Å². The largest absolute Gasteiger partial charge is 0.349 e. The third-order valence-corrected chi connectivity index (χ3v) is 6.77. The van der Waals surface area contributed by atoms with Crippen LogP contribution in [0.5, 0.6) is 0 Å². The lowest BCUT2D eigenvalue weighted by Gasteiger charge is -2.19. The van der Waals surface area contributed by atoms with E-state index in [4.69, 9.17) is 0 Å². The number of carbonyl (C=O) groups is 1. The van der Waals surface area contributed by atoms with Crippen molar-refractivity contribution >= 4 is 15.7 Å². The molecule has 0 unspecified atom stereocenters. The van der Waals surface area contributed by atoms with Gasteiger partial charge in [0.2, 0.25) is 0 Å². The van der Waals surface area contributed by atoms with Gasteiger partial charge in [-0.2, -0.15) is 0 Å². The number of benzene rings is 1. The van der Waals surface area contributed by atoms with Crippen LogP contribution < -0.4 is 5.32 Å². The molecule has 0 saturated carbocycles. The van der Waals surface area contributed by atoms with Gasteiger partial charge < -0.3 is 5.32 Å². The number of carbonyl (C=O) groups excluding carboxylic acids is 1. The Bertz CT molecular complexity index is 1050. The van der Waals surface area contributed by atoms with Crippen molar-refractivity contribution in [3.63, 3.8) is 0 Å². The molecule has 0 aliphatic heterocycles. The van der Waals surface area contributed by atoms with Crippen molar-refractivity contribution in [1.29, 1.82) is 0 Å². The van der Waals surface area contributed by atoms with Crippen molar-refractivity contribution in [2.24, 2.45) is 0 Å². The van der Waals surface area contributed by atoms with E-state index >= 15 is 0 Å². The van der Waals surface area contributed by atoms with Crippen molar-refractivity contribution in [3.8, 4) is 0 Å². The topological polar surface area (TPSA) is 89.0 Å². The minimum atomic E-state index is -3.75. The number of hydrogen-bond acceptors (Lipinski definition) is 5. The van der Waals surface area contributed by atoms with Crippen LogP contribution in [0.25, 0.3) is 0 Å². The van der Waals surface area contributed by atoms with Crippen LogP contribution >= 0.6 is 0 Å². The van der Waals surface area contributed by atoms with Crippen LogP contribution in [0.15, 0.2) is 78.1 Å². The molecule has 1 amide bonds. The highest BCUT2D eigenvalue weighted by molar-refractivity contribution is 7.91. The minimum Gasteiger partial charge on any atom is -0.349 e. The number of rotatable bonds is 7. The molecule has 1 atom stereocenters. The van der Waals surface area contributed by atoms with Crippen LogP contribution in [0.2, 0.25) is 0 Å². The van der Waals surface area contributed by atoms with Gasteiger partial charge in [-0.25, -0.2) is 8.42 Å².